The van der Waals surface area contributed by atoms with Gasteiger partial charge in [-0.1, -0.05) is 24.3 Å². The molecule has 0 aliphatic carbocycles. The van der Waals surface area contributed by atoms with Crippen LogP contribution in [0.2, 0.25) is 0 Å². The summed E-state index contributed by atoms with van der Waals surface area (Å²) >= 11 is 1.74. The summed E-state index contributed by atoms with van der Waals surface area (Å²) in [6.07, 6.45) is 1.91. The smallest absolute Gasteiger partial charge is 0.253 e. The van der Waals surface area contributed by atoms with Crippen LogP contribution in [0, 0.1) is 0 Å². The number of rotatable bonds is 5. The van der Waals surface area contributed by atoms with Crippen molar-refractivity contribution in [3.05, 3.63) is 58.4 Å². The van der Waals surface area contributed by atoms with Gasteiger partial charge in [0, 0.05) is 48.7 Å². The first-order valence-electron chi connectivity index (χ1n) is 8.91. The average Bonchev–Trinajstić information content (AvgIpc) is 3.32. The van der Waals surface area contributed by atoms with Crippen LogP contribution >= 0.6 is 11.3 Å². The molecule has 0 radical (unpaired) electrons. The second kappa shape index (κ2) is 7.61. The number of amides is 1. The van der Waals surface area contributed by atoms with Gasteiger partial charge in [0.15, 0.2) is 0 Å². The molecule has 1 aromatic carbocycles. The van der Waals surface area contributed by atoms with Crippen LogP contribution in [0.25, 0.3) is 10.9 Å². The minimum absolute atomic E-state index is 0.0170. The number of morpholine rings is 1. The molecule has 3 aromatic rings. The Labute approximate surface area is 157 Å². The SMILES string of the molecule is Cn1cc(C(=O)NC[C@@H](c2cccs2)N2CCOCC2)c2ccccc21. The number of fused-ring (bicyclic) bond motifs is 1. The van der Waals surface area contributed by atoms with Crippen LogP contribution in [0.15, 0.2) is 48.0 Å². The molecule has 0 unspecified atom stereocenters. The molecule has 26 heavy (non-hydrogen) atoms. The highest BCUT2D eigenvalue weighted by Gasteiger charge is 2.24. The van der Waals surface area contributed by atoms with Crippen LogP contribution < -0.4 is 5.32 Å². The maximum atomic E-state index is 12.9. The first-order valence-corrected chi connectivity index (χ1v) is 9.79. The van der Waals surface area contributed by atoms with Gasteiger partial charge < -0.3 is 14.6 Å². The fraction of sp³-hybridized carbons (Fsp3) is 0.350. The number of aryl methyl sites for hydroxylation is 1. The third kappa shape index (κ3) is 3.40. The number of benzene rings is 1. The van der Waals surface area contributed by atoms with E-state index < -0.39 is 0 Å². The summed E-state index contributed by atoms with van der Waals surface area (Å²) in [4.78, 5) is 16.5. The molecule has 1 aliphatic rings. The lowest BCUT2D eigenvalue weighted by Crippen LogP contribution is -2.43. The number of para-hydroxylation sites is 1. The molecule has 1 saturated heterocycles. The van der Waals surface area contributed by atoms with E-state index in [-0.39, 0.29) is 11.9 Å². The van der Waals surface area contributed by atoms with Crippen molar-refractivity contribution >= 4 is 28.1 Å². The van der Waals surface area contributed by atoms with Gasteiger partial charge >= 0.3 is 0 Å². The first-order chi connectivity index (χ1) is 12.7. The molecule has 1 amide bonds. The minimum Gasteiger partial charge on any atom is -0.379 e. The Kier molecular flexibility index (Phi) is 5.06. The minimum atomic E-state index is -0.0170. The molecule has 4 rings (SSSR count). The fourth-order valence-corrected chi connectivity index (χ4v) is 4.45. The summed E-state index contributed by atoms with van der Waals surface area (Å²) in [5, 5.41) is 6.25. The second-order valence-electron chi connectivity index (χ2n) is 6.56. The van der Waals surface area contributed by atoms with Gasteiger partial charge in [-0.3, -0.25) is 9.69 Å². The molecular formula is C20H23N3O2S. The molecule has 0 spiro atoms. The number of carbonyl (C=O) groups excluding carboxylic acids is 1. The number of carbonyl (C=O) groups is 1. The number of aromatic nitrogens is 1. The topological polar surface area (TPSA) is 46.5 Å². The lowest BCUT2D eigenvalue weighted by atomic mass is 10.1. The zero-order valence-electron chi connectivity index (χ0n) is 14.9. The Hall–Kier alpha value is -2.15. The standard InChI is InChI=1S/C20H23N3O2S/c1-22-14-16(15-5-2-3-6-17(15)22)20(24)21-13-18(19-7-4-12-26-19)23-8-10-25-11-9-23/h2-7,12,14,18H,8-11,13H2,1H3,(H,21,24)/t18-/m0/s1. The van der Waals surface area contributed by atoms with Crippen LogP contribution in [0.4, 0.5) is 0 Å². The molecule has 1 aliphatic heterocycles. The van der Waals surface area contributed by atoms with Crippen molar-refractivity contribution in [2.45, 2.75) is 6.04 Å². The highest BCUT2D eigenvalue weighted by atomic mass is 32.1. The molecule has 1 fully saturated rings. The molecule has 0 saturated carbocycles. The molecule has 3 heterocycles. The van der Waals surface area contributed by atoms with Gasteiger partial charge in [-0.05, 0) is 17.5 Å². The highest BCUT2D eigenvalue weighted by Crippen LogP contribution is 2.26. The number of ether oxygens (including phenoxy) is 1. The van der Waals surface area contributed by atoms with Crippen LogP contribution in [-0.2, 0) is 11.8 Å². The molecule has 1 N–H and O–H groups in total. The van der Waals surface area contributed by atoms with Crippen LogP contribution in [0.5, 0.6) is 0 Å². The van der Waals surface area contributed by atoms with E-state index >= 15 is 0 Å². The van der Waals surface area contributed by atoms with Crippen molar-refractivity contribution in [1.82, 2.24) is 14.8 Å². The number of nitrogens with zero attached hydrogens (tertiary/aromatic N) is 2. The monoisotopic (exact) mass is 369 g/mol. The molecule has 1 atom stereocenters. The predicted molar refractivity (Wildman–Crippen MR) is 105 cm³/mol. The largest absolute Gasteiger partial charge is 0.379 e. The molecule has 0 bridgehead atoms. The normalized spacial score (nSPS) is 16.7. The summed E-state index contributed by atoms with van der Waals surface area (Å²) < 4.78 is 7.49. The van der Waals surface area contributed by atoms with Crippen molar-refractivity contribution in [3.63, 3.8) is 0 Å². The lowest BCUT2D eigenvalue weighted by Gasteiger charge is -2.34. The van der Waals surface area contributed by atoms with E-state index in [1.807, 2.05) is 42.1 Å². The summed E-state index contributed by atoms with van der Waals surface area (Å²) in [7, 11) is 1.97. The van der Waals surface area contributed by atoms with Crippen LogP contribution in [0.3, 0.4) is 0 Å². The Morgan fingerprint density at radius 3 is 2.81 bits per heavy atom. The van der Waals surface area contributed by atoms with E-state index in [9.17, 15) is 4.79 Å². The van der Waals surface area contributed by atoms with E-state index in [2.05, 4.69) is 27.7 Å². The van der Waals surface area contributed by atoms with Gasteiger partial charge in [-0.25, -0.2) is 0 Å². The Bertz CT molecular complexity index is 882. The second-order valence-corrected chi connectivity index (χ2v) is 7.54. The first kappa shape index (κ1) is 17.3. The number of hydrogen-bond donors (Lipinski definition) is 1. The third-order valence-corrected chi connectivity index (χ3v) is 5.93. The Morgan fingerprint density at radius 1 is 1.23 bits per heavy atom. The van der Waals surface area contributed by atoms with Crippen molar-refractivity contribution in [2.75, 3.05) is 32.8 Å². The van der Waals surface area contributed by atoms with Gasteiger partial charge in [0.1, 0.15) is 0 Å². The van der Waals surface area contributed by atoms with Gasteiger partial charge in [0.05, 0.1) is 24.8 Å². The molecule has 2 aromatic heterocycles. The Balaban J connectivity index is 1.52. The molecular weight excluding hydrogens is 346 g/mol. The van der Waals surface area contributed by atoms with Gasteiger partial charge in [0.2, 0.25) is 0 Å². The number of hydrogen-bond acceptors (Lipinski definition) is 4. The maximum Gasteiger partial charge on any atom is 0.253 e. The highest BCUT2D eigenvalue weighted by molar-refractivity contribution is 7.10. The summed E-state index contributed by atoms with van der Waals surface area (Å²) in [6, 6.07) is 12.4. The maximum absolute atomic E-state index is 12.9. The zero-order chi connectivity index (χ0) is 17.9. The predicted octanol–water partition coefficient (Wildman–Crippen LogP) is 3.04. The van der Waals surface area contributed by atoms with E-state index in [4.69, 9.17) is 4.74 Å². The summed E-state index contributed by atoms with van der Waals surface area (Å²) in [5.41, 5.74) is 1.80. The van der Waals surface area contributed by atoms with E-state index in [0.29, 0.717) is 6.54 Å². The third-order valence-electron chi connectivity index (χ3n) is 4.96. The summed E-state index contributed by atoms with van der Waals surface area (Å²) in [5.74, 6) is -0.0170. The van der Waals surface area contributed by atoms with Gasteiger partial charge in [0.25, 0.3) is 5.91 Å². The fourth-order valence-electron chi connectivity index (χ4n) is 3.59. The summed E-state index contributed by atoms with van der Waals surface area (Å²) in [6.45, 7) is 3.89. The van der Waals surface area contributed by atoms with Crippen molar-refractivity contribution in [2.24, 2.45) is 7.05 Å². The average molecular weight is 369 g/mol. The van der Waals surface area contributed by atoms with Gasteiger partial charge in [-0.2, -0.15) is 0 Å². The molecule has 5 nitrogen and oxygen atoms in total. The van der Waals surface area contributed by atoms with Crippen molar-refractivity contribution in [1.29, 1.82) is 0 Å². The quantitative estimate of drug-likeness (QED) is 0.752. The number of nitrogens with one attached hydrogen (secondary N) is 1. The van der Waals surface area contributed by atoms with E-state index in [1.165, 1.54) is 4.88 Å². The Morgan fingerprint density at radius 2 is 2.04 bits per heavy atom. The van der Waals surface area contributed by atoms with Gasteiger partial charge in [-0.15, -0.1) is 11.3 Å². The zero-order valence-corrected chi connectivity index (χ0v) is 15.7. The van der Waals surface area contributed by atoms with Crippen molar-refractivity contribution < 1.29 is 9.53 Å². The lowest BCUT2D eigenvalue weighted by molar-refractivity contribution is 0.0169. The van der Waals surface area contributed by atoms with Crippen molar-refractivity contribution in [3.8, 4) is 0 Å². The van der Waals surface area contributed by atoms with E-state index in [0.717, 1.165) is 42.8 Å². The van der Waals surface area contributed by atoms with Crippen LogP contribution in [0.1, 0.15) is 21.3 Å². The molecule has 6 heteroatoms. The van der Waals surface area contributed by atoms with Crippen LogP contribution in [-0.4, -0.2) is 48.2 Å². The molecule has 136 valence electrons. The number of thiophene rings is 1. The van der Waals surface area contributed by atoms with E-state index in [1.54, 1.807) is 11.3 Å².